The molecule has 0 saturated carbocycles. The molecule has 2 N–H and O–H groups in total. The largest absolute Gasteiger partial charge is 0.385 e. The predicted molar refractivity (Wildman–Crippen MR) is 55.8 cm³/mol. The first-order valence-electron chi connectivity index (χ1n) is 4.66. The molecule has 80 valence electrons. The van der Waals surface area contributed by atoms with Gasteiger partial charge in [0.1, 0.15) is 0 Å². The molecule has 0 aliphatic rings. The van der Waals surface area contributed by atoms with Gasteiger partial charge in [-0.3, -0.25) is 10.1 Å². The lowest BCUT2D eigenvalue weighted by molar-refractivity contribution is -0.120. The van der Waals surface area contributed by atoms with Crippen LogP contribution in [-0.2, 0) is 9.53 Å². The van der Waals surface area contributed by atoms with Crippen molar-refractivity contribution in [2.24, 2.45) is 0 Å². The van der Waals surface area contributed by atoms with E-state index in [1.165, 1.54) is 0 Å². The number of carbonyl (C=O) groups excluding carboxylic acids is 1. The lowest BCUT2D eigenvalue weighted by Gasteiger charge is -2.07. The van der Waals surface area contributed by atoms with Gasteiger partial charge < -0.3 is 10.1 Å². The van der Waals surface area contributed by atoms with Crippen molar-refractivity contribution in [2.75, 3.05) is 26.8 Å². The van der Waals surface area contributed by atoms with E-state index < -0.39 is 0 Å². The van der Waals surface area contributed by atoms with Gasteiger partial charge in [-0.05, 0) is 13.3 Å². The number of terminal acetylenes is 1. The van der Waals surface area contributed by atoms with E-state index in [9.17, 15) is 4.79 Å². The third-order valence-electron chi connectivity index (χ3n) is 1.67. The first kappa shape index (κ1) is 12.9. The Balaban J connectivity index is 3.33. The molecule has 0 aromatic heterocycles. The number of hydrogen-bond acceptors (Lipinski definition) is 3. The van der Waals surface area contributed by atoms with Crippen molar-refractivity contribution in [3.63, 3.8) is 0 Å². The molecule has 0 aliphatic heterocycles. The summed E-state index contributed by atoms with van der Waals surface area (Å²) >= 11 is 0. The number of hydrogen-bond donors (Lipinski definition) is 2. The molecule has 0 spiro atoms. The van der Waals surface area contributed by atoms with Gasteiger partial charge in [0.15, 0.2) is 0 Å². The second kappa shape index (κ2) is 8.54. The minimum absolute atomic E-state index is 0.0387. The van der Waals surface area contributed by atoms with Gasteiger partial charge in [-0.25, -0.2) is 0 Å². The van der Waals surface area contributed by atoms with Crippen molar-refractivity contribution in [1.82, 2.24) is 10.6 Å². The maximum Gasteiger partial charge on any atom is 0.233 e. The number of amides is 1. The smallest absolute Gasteiger partial charge is 0.233 e. The SMILES string of the molecule is C#CC(C)NCC(=O)NCCCOC. The van der Waals surface area contributed by atoms with Crippen molar-refractivity contribution in [1.29, 1.82) is 0 Å². The van der Waals surface area contributed by atoms with Crippen LogP contribution in [-0.4, -0.2) is 38.8 Å². The Morgan fingerprint density at radius 3 is 2.93 bits per heavy atom. The Labute approximate surface area is 85.4 Å². The van der Waals surface area contributed by atoms with Gasteiger partial charge in [0.25, 0.3) is 0 Å². The summed E-state index contributed by atoms with van der Waals surface area (Å²) in [5.74, 6) is 2.45. The van der Waals surface area contributed by atoms with Crippen LogP contribution in [0.1, 0.15) is 13.3 Å². The highest BCUT2D eigenvalue weighted by Gasteiger charge is 2.01. The normalized spacial score (nSPS) is 11.8. The topological polar surface area (TPSA) is 50.4 Å². The quantitative estimate of drug-likeness (QED) is 0.438. The molecule has 0 rings (SSSR count). The molecule has 1 unspecified atom stereocenters. The first-order valence-corrected chi connectivity index (χ1v) is 4.66. The van der Waals surface area contributed by atoms with E-state index in [1.54, 1.807) is 7.11 Å². The van der Waals surface area contributed by atoms with Crippen molar-refractivity contribution < 1.29 is 9.53 Å². The van der Waals surface area contributed by atoms with Crippen LogP contribution in [0.4, 0.5) is 0 Å². The molecule has 1 amide bonds. The van der Waals surface area contributed by atoms with Gasteiger partial charge in [0.2, 0.25) is 5.91 Å². The number of rotatable bonds is 7. The molecule has 14 heavy (non-hydrogen) atoms. The highest BCUT2D eigenvalue weighted by molar-refractivity contribution is 5.78. The van der Waals surface area contributed by atoms with Crippen LogP contribution >= 0.6 is 0 Å². The Morgan fingerprint density at radius 1 is 1.64 bits per heavy atom. The standard InChI is InChI=1S/C10H18N2O2/c1-4-9(2)12-8-10(13)11-6-5-7-14-3/h1,9,12H,5-8H2,2-3H3,(H,11,13). The van der Waals surface area contributed by atoms with Gasteiger partial charge in [0.05, 0.1) is 12.6 Å². The summed E-state index contributed by atoms with van der Waals surface area (Å²) in [4.78, 5) is 11.1. The number of carbonyl (C=O) groups is 1. The average Bonchev–Trinajstić information content (AvgIpc) is 2.21. The monoisotopic (exact) mass is 198 g/mol. The highest BCUT2D eigenvalue weighted by Crippen LogP contribution is 1.78. The molecular formula is C10H18N2O2. The van der Waals surface area contributed by atoms with E-state index in [1.807, 2.05) is 6.92 Å². The van der Waals surface area contributed by atoms with Crippen molar-refractivity contribution in [2.45, 2.75) is 19.4 Å². The van der Waals surface area contributed by atoms with Crippen LogP contribution in [0.25, 0.3) is 0 Å². The molecule has 0 radical (unpaired) electrons. The van der Waals surface area contributed by atoms with Crippen molar-refractivity contribution >= 4 is 5.91 Å². The molecule has 0 aliphatic carbocycles. The molecule has 0 bridgehead atoms. The Bertz CT molecular complexity index is 199. The summed E-state index contributed by atoms with van der Waals surface area (Å²) in [6.07, 6.45) is 5.96. The highest BCUT2D eigenvalue weighted by atomic mass is 16.5. The van der Waals surface area contributed by atoms with E-state index >= 15 is 0 Å². The molecule has 0 saturated heterocycles. The molecule has 4 heteroatoms. The van der Waals surface area contributed by atoms with E-state index in [-0.39, 0.29) is 18.5 Å². The third-order valence-corrected chi connectivity index (χ3v) is 1.67. The second-order valence-electron chi connectivity index (χ2n) is 2.97. The van der Waals surface area contributed by atoms with Gasteiger partial charge in [-0.15, -0.1) is 6.42 Å². The van der Waals surface area contributed by atoms with Crippen LogP contribution in [0.2, 0.25) is 0 Å². The fraction of sp³-hybridized carbons (Fsp3) is 0.700. The van der Waals surface area contributed by atoms with Crippen molar-refractivity contribution in [3.8, 4) is 12.3 Å². The van der Waals surface area contributed by atoms with E-state index in [0.717, 1.165) is 6.42 Å². The minimum Gasteiger partial charge on any atom is -0.385 e. The van der Waals surface area contributed by atoms with E-state index in [0.29, 0.717) is 13.2 Å². The average molecular weight is 198 g/mol. The van der Waals surface area contributed by atoms with Crippen molar-refractivity contribution in [3.05, 3.63) is 0 Å². The number of ether oxygens (including phenoxy) is 1. The van der Waals surface area contributed by atoms with E-state index in [2.05, 4.69) is 16.6 Å². The molecule has 4 nitrogen and oxygen atoms in total. The molecule has 0 aromatic carbocycles. The van der Waals surface area contributed by atoms with Gasteiger partial charge >= 0.3 is 0 Å². The number of nitrogens with one attached hydrogen (secondary N) is 2. The molecule has 0 heterocycles. The van der Waals surface area contributed by atoms with Gasteiger partial charge in [-0.2, -0.15) is 0 Å². The summed E-state index contributed by atoms with van der Waals surface area (Å²) in [5.41, 5.74) is 0. The molecular weight excluding hydrogens is 180 g/mol. The summed E-state index contributed by atoms with van der Waals surface area (Å²) in [5, 5.41) is 5.64. The lowest BCUT2D eigenvalue weighted by Crippen LogP contribution is -2.37. The molecule has 0 fully saturated rings. The predicted octanol–water partition coefficient (Wildman–Crippen LogP) is -0.250. The van der Waals surface area contributed by atoms with Crippen LogP contribution in [0, 0.1) is 12.3 Å². The summed E-state index contributed by atoms with van der Waals surface area (Å²) in [6, 6.07) is -0.0697. The molecule has 1 atom stereocenters. The van der Waals surface area contributed by atoms with Crippen LogP contribution in [0.15, 0.2) is 0 Å². The zero-order valence-corrected chi connectivity index (χ0v) is 8.80. The Morgan fingerprint density at radius 2 is 2.36 bits per heavy atom. The van der Waals surface area contributed by atoms with E-state index in [4.69, 9.17) is 11.2 Å². The summed E-state index contributed by atoms with van der Waals surface area (Å²) in [6.45, 7) is 3.39. The van der Waals surface area contributed by atoms with Crippen LogP contribution in [0.5, 0.6) is 0 Å². The summed E-state index contributed by atoms with van der Waals surface area (Å²) < 4.78 is 4.85. The maximum atomic E-state index is 11.1. The van der Waals surface area contributed by atoms with Crippen LogP contribution < -0.4 is 10.6 Å². The Hall–Kier alpha value is -1.05. The fourth-order valence-electron chi connectivity index (χ4n) is 0.812. The fourth-order valence-corrected chi connectivity index (χ4v) is 0.812. The van der Waals surface area contributed by atoms with Crippen LogP contribution in [0.3, 0.4) is 0 Å². The summed E-state index contributed by atoms with van der Waals surface area (Å²) in [7, 11) is 1.64. The Kier molecular flexibility index (Phi) is 7.90. The zero-order chi connectivity index (χ0) is 10.8. The third kappa shape index (κ3) is 7.59. The molecule has 0 aromatic rings. The lowest BCUT2D eigenvalue weighted by atomic mass is 10.3. The minimum atomic E-state index is -0.0697. The number of methoxy groups -OCH3 is 1. The zero-order valence-electron chi connectivity index (χ0n) is 8.80. The maximum absolute atomic E-state index is 11.1. The van der Waals surface area contributed by atoms with Gasteiger partial charge in [-0.1, -0.05) is 5.92 Å². The second-order valence-corrected chi connectivity index (χ2v) is 2.97. The first-order chi connectivity index (χ1) is 6.70. The van der Waals surface area contributed by atoms with Gasteiger partial charge in [0, 0.05) is 20.3 Å².